The normalized spacial score (nSPS) is 26.7. The third kappa shape index (κ3) is 1.62. The molecule has 1 aliphatic heterocycles. The molecule has 0 aliphatic carbocycles. The fraction of sp³-hybridized carbons (Fsp3) is 0.556. The Kier molecular flexibility index (Phi) is 2.45. The van der Waals surface area contributed by atoms with Crippen molar-refractivity contribution in [2.24, 2.45) is 0 Å². The Morgan fingerprint density at radius 2 is 2.43 bits per heavy atom. The molecule has 1 atom stereocenters. The van der Waals surface area contributed by atoms with Gasteiger partial charge >= 0.3 is 0 Å². The molecule has 1 fully saturated rings. The molecule has 0 aromatic carbocycles. The molecule has 0 spiro atoms. The first-order valence-electron chi connectivity index (χ1n) is 4.46. The Bertz CT molecular complexity index is 396. The van der Waals surface area contributed by atoms with Crippen LogP contribution in [-0.4, -0.2) is 23.0 Å². The van der Waals surface area contributed by atoms with Gasteiger partial charge in [-0.25, -0.2) is 4.68 Å². The SMILES string of the molecule is CC1(n2nc(Br)ccc2=O)CCOC1. The smallest absolute Gasteiger partial charge is 0.267 e. The van der Waals surface area contributed by atoms with Crippen LogP contribution in [0, 0.1) is 0 Å². The molecule has 1 aromatic heterocycles. The van der Waals surface area contributed by atoms with Crippen molar-refractivity contribution < 1.29 is 4.74 Å². The van der Waals surface area contributed by atoms with E-state index in [1.807, 2.05) is 6.92 Å². The highest BCUT2D eigenvalue weighted by Gasteiger charge is 2.33. The number of hydrogen-bond acceptors (Lipinski definition) is 3. The second-order valence-corrected chi connectivity index (χ2v) is 4.52. The van der Waals surface area contributed by atoms with Crippen LogP contribution < -0.4 is 5.56 Å². The lowest BCUT2D eigenvalue weighted by Crippen LogP contribution is -2.40. The molecular weight excluding hydrogens is 248 g/mol. The monoisotopic (exact) mass is 258 g/mol. The average Bonchev–Trinajstić information content (AvgIpc) is 2.58. The van der Waals surface area contributed by atoms with Gasteiger partial charge in [0.15, 0.2) is 0 Å². The number of ether oxygens (including phenoxy) is 1. The molecule has 76 valence electrons. The van der Waals surface area contributed by atoms with E-state index in [9.17, 15) is 4.79 Å². The Hall–Kier alpha value is -0.680. The van der Waals surface area contributed by atoms with Crippen molar-refractivity contribution in [1.29, 1.82) is 0 Å². The van der Waals surface area contributed by atoms with Gasteiger partial charge in [0.25, 0.3) is 5.56 Å². The fourth-order valence-corrected chi connectivity index (χ4v) is 1.89. The first-order valence-corrected chi connectivity index (χ1v) is 5.25. The Morgan fingerprint density at radius 3 is 3.07 bits per heavy atom. The lowest BCUT2D eigenvalue weighted by molar-refractivity contribution is 0.153. The summed E-state index contributed by atoms with van der Waals surface area (Å²) >= 11 is 3.26. The zero-order valence-corrected chi connectivity index (χ0v) is 9.45. The molecule has 5 heteroatoms. The van der Waals surface area contributed by atoms with E-state index in [0.717, 1.165) is 6.42 Å². The molecule has 2 heterocycles. The summed E-state index contributed by atoms with van der Waals surface area (Å²) in [5.41, 5.74) is -0.373. The molecule has 1 unspecified atom stereocenters. The highest BCUT2D eigenvalue weighted by atomic mass is 79.9. The minimum Gasteiger partial charge on any atom is -0.379 e. The van der Waals surface area contributed by atoms with Gasteiger partial charge in [0.05, 0.1) is 12.1 Å². The van der Waals surface area contributed by atoms with Gasteiger partial charge in [-0.05, 0) is 35.3 Å². The van der Waals surface area contributed by atoms with Gasteiger partial charge in [-0.3, -0.25) is 4.79 Å². The summed E-state index contributed by atoms with van der Waals surface area (Å²) < 4.78 is 7.47. The van der Waals surface area contributed by atoms with Gasteiger partial charge in [-0.2, -0.15) is 5.10 Å². The summed E-state index contributed by atoms with van der Waals surface area (Å²) in [6, 6.07) is 3.17. The molecule has 1 saturated heterocycles. The lowest BCUT2D eigenvalue weighted by Gasteiger charge is -2.23. The van der Waals surface area contributed by atoms with E-state index in [-0.39, 0.29) is 11.1 Å². The number of rotatable bonds is 1. The first kappa shape index (κ1) is 9.86. The zero-order valence-electron chi connectivity index (χ0n) is 7.86. The fourth-order valence-electron chi connectivity index (χ4n) is 1.60. The summed E-state index contributed by atoms with van der Waals surface area (Å²) in [6.45, 7) is 3.23. The number of halogens is 1. The zero-order chi connectivity index (χ0) is 10.2. The Balaban J connectivity index is 2.49. The van der Waals surface area contributed by atoms with Crippen LogP contribution in [-0.2, 0) is 10.3 Å². The predicted molar refractivity (Wildman–Crippen MR) is 55.3 cm³/mol. The minimum atomic E-state index is -0.291. The quantitative estimate of drug-likeness (QED) is 0.759. The van der Waals surface area contributed by atoms with Gasteiger partial charge in [-0.15, -0.1) is 0 Å². The van der Waals surface area contributed by atoms with E-state index in [2.05, 4.69) is 21.0 Å². The summed E-state index contributed by atoms with van der Waals surface area (Å²) in [5, 5.41) is 4.17. The Morgan fingerprint density at radius 1 is 1.64 bits per heavy atom. The standard InChI is InChI=1S/C9H11BrN2O2/c1-9(4-5-14-6-9)12-8(13)3-2-7(10)11-12/h2-3H,4-6H2,1H3. The van der Waals surface area contributed by atoms with Gasteiger partial charge < -0.3 is 4.74 Å². The lowest BCUT2D eigenvalue weighted by atomic mass is 10.0. The average molecular weight is 259 g/mol. The molecule has 0 bridgehead atoms. The van der Waals surface area contributed by atoms with Crippen LogP contribution in [0.1, 0.15) is 13.3 Å². The van der Waals surface area contributed by atoms with Crippen LogP contribution in [0.4, 0.5) is 0 Å². The highest BCUT2D eigenvalue weighted by Crippen LogP contribution is 2.24. The van der Waals surface area contributed by atoms with Gasteiger partial charge in [0.2, 0.25) is 0 Å². The number of nitrogens with zero attached hydrogens (tertiary/aromatic N) is 2. The molecular formula is C9H11BrN2O2. The van der Waals surface area contributed by atoms with Crippen LogP contribution in [0.5, 0.6) is 0 Å². The number of aromatic nitrogens is 2. The first-order chi connectivity index (χ1) is 6.62. The summed E-state index contributed by atoms with van der Waals surface area (Å²) in [7, 11) is 0. The van der Waals surface area contributed by atoms with E-state index >= 15 is 0 Å². The molecule has 4 nitrogen and oxygen atoms in total. The van der Waals surface area contributed by atoms with Crippen molar-refractivity contribution >= 4 is 15.9 Å². The van der Waals surface area contributed by atoms with E-state index < -0.39 is 0 Å². The molecule has 0 radical (unpaired) electrons. The van der Waals surface area contributed by atoms with E-state index in [4.69, 9.17) is 4.74 Å². The van der Waals surface area contributed by atoms with Crippen molar-refractivity contribution in [3.8, 4) is 0 Å². The third-order valence-corrected chi connectivity index (χ3v) is 2.90. The van der Waals surface area contributed by atoms with Crippen molar-refractivity contribution in [3.63, 3.8) is 0 Å². The number of hydrogen-bond donors (Lipinski definition) is 0. The maximum absolute atomic E-state index is 11.6. The maximum atomic E-state index is 11.6. The molecule has 1 aliphatic rings. The van der Waals surface area contributed by atoms with Crippen LogP contribution in [0.3, 0.4) is 0 Å². The summed E-state index contributed by atoms with van der Waals surface area (Å²) in [6.07, 6.45) is 0.830. The van der Waals surface area contributed by atoms with Crippen LogP contribution >= 0.6 is 15.9 Å². The summed E-state index contributed by atoms with van der Waals surface area (Å²) in [5.74, 6) is 0. The van der Waals surface area contributed by atoms with Gasteiger partial charge in [-0.1, -0.05) is 0 Å². The molecule has 2 rings (SSSR count). The van der Waals surface area contributed by atoms with Crippen molar-refractivity contribution in [2.75, 3.05) is 13.2 Å². The van der Waals surface area contributed by atoms with Crippen molar-refractivity contribution in [2.45, 2.75) is 18.9 Å². The predicted octanol–water partition coefficient (Wildman–Crippen LogP) is 1.14. The van der Waals surface area contributed by atoms with E-state index in [1.54, 1.807) is 6.07 Å². The largest absolute Gasteiger partial charge is 0.379 e. The van der Waals surface area contributed by atoms with Crippen molar-refractivity contribution in [1.82, 2.24) is 9.78 Å². The van der Waals surface area contributed by atoms with Crippen LogP contribution in [0.15, 0.2) is 21.5 Å². The maximum Gasteiger partial charge on any atom is 0.267 e. The molecule has 14 heavy (non-hydrogen) atoms. The highest BCUT2D eigenvalue weighted by molar-refractivity contribution is 9.10. The van der Waals surface area contributed by atoms with E-state index in [1.165, 1.54) is 10.7 Å². The second-order valence-electron chi connectivity index (χ2n) is 3.71. The molecule has 1 aromatic rings. The molecule has 0 saturated carbocycles. The second kappa shape index (κ2) is 3.47. The Labute approximate surface area is 90.0 Å². The topological polar surface area (TPSA) is 44.1 Å². The van der Waals surface area contributed by atoms with Crippen LogP contribution in [0.25, 0.3) is 0 Å². The van der Waals surface area contributed by atoms with E-state index in [0.29, 0.717) is 17.8 Å². The van der Waals surface area contributed by atoms with Crippen molar-refractivity contribution in [3.05, 3.63) is 27.1 Å². The minimum absolute atomic E-state index is 0.0822. The molecule has 0 amide bonds. The van der Waals surface area contributed by atoms with Crippen LogP contribution in [0.2, 0.25) is 0 Å². The van der Waals surface area contributed by atoms with Gasteiger partial charge in [0.1, 0.15) is 4.60 Å². The summed E-state index contributed by atoms with van der Waals surface area (Å²) in [4.78, 5) is 11.6. The third-order valence-electron chi connectivity index (χ3n) is 2.48. The molecule has 0 N–H and O–H groups in total. The van der Waals surface area contributed by atoms with Gasteiger partial charge in [0, 0.05) is 12.7 Å².